The lowest BCUT2D eigenvalue weighted by molar-refractivity contribution is -0.00108. The number of rotatable bonds is 11. The Morgan fingerprint density at radius 1 is 0.952 bits per heavy atom. The molecule has 1 fully saturated rings. The summed E-state index contributed by atoms with van der Waals surface area (Å²) in [5.74, 6) is 0.518. The minimum absolute atomic E-state index is 0.0351. The number of carboxylic acid groups (broad SMARTS) is 1. The molecule has 124 valence electrons. The Labute approximate surface area is 125 Å². The topological polar surface area (TPSA) is 97.3 Å². The first-order valence-electron chi connectivity index (χ1n) is 7.56. The summed E-state index contributed by atoms with van der Waals surface area (Å²) in [6.45, 7) is 3.19. The SMILES string of the molecule is O=C(O)NC1CCC(COCCOCCOCCO)CC1. The van der Waals surface area contributed by atoms with Crippen molar-refractivity contribution >= 4 is 6.09 Å². The molecule has 0 atom stereocenters. The predicted octanol–water partition coefficient (Wildman–Crippen LogP) is 0.855. The van der Waals surface area contributed by atoms with Crippen LogP contribution in [0, 0.1) is 5.92 Å². The minimum Gasteiger partial charge on any atom is -0.465 e. The molecule has 0 bridgehead atoms. The summed E-state index contributed by atoms with van der Waals surface area (Å²) >= 11 is 0. The van der Waals surface area contributed by atoms with Crippen LogP contribution < -0.4 is 5.32 Å². The molecule has 0 unspecified atom stereocenters. The second-order valence-corrected chi connectivity index (χ2v) is 5.19. The van der Waals surface area contributed by atoms with E-state index in [1.807, 2.05) is 0 Å². The van der Waals surface area contributed by atoms with E-state index in [0.717, 1.165) is 25.7 Å². The second kappa shape index (κ2) is 11.7. The Hall–Kier alpha value is -0.890. The lowest BCUT2D eigenvalue weighted by Crippen LogP contribution is -2.37. The van der Waals surface area contributed by atoms with Crippen molar-refractivity contribution in [2.45, 2.75) is 31.7 Å². The van der Waals surface area contributed by atoms with Gasteiger partial charge in [-0.1, -0.05) is 0 Å². The summed E-state index contributed by atoms with van der Waals surface area (Å²) in [6, 6.07) is 0.0982. The maximum absolute atomic E-state index is 10.5. The summed E-state index contributed by atoms with van der Waals surface area (Å²) in [4.78, 5) is 10.5. The van der Waals surface area contributed by atoms with Gasteiger partial charge in [-0.25, -0.2) is 4.79 Å². The van der Waals surface area contributed by atoms with Gasteiger partial charge >= 0.3 is 6.09 Å². The molecule has 1 aliphatic carbocycles. The first kappa shape index (κ1) is 18.2. The average Bonchev–Trinajstić information content (AvgIpc) is 2.47. The first-order valence-corrected chi connectivity index (χ1v) is 7.56. The zero-order valence-corrected chi connectivity index (χ0v) is 12.5. The highest BCUT2D eigenvalue weighted by Crippen LogP contribution is 2.24. The molecule has 0 aromatic carbocycles. The molecule has 7 nitrogen and oxygen atoms in total. The van der Waals surface area contributed by atoms with Gasteiger partial charge < -0.3 is 29.7 Å². The minimum atomic E-state index is -0.935. The zero-order valence-electron chi connectivity index (χ0n) is 12.5. The van der Waals surface area contributed by atoms with Gasteiger partial charge in [-0.15, -0.1) is 0 Å². The summed E-state index contributed by atoms with van der Waals surface area (Å²) in [6.07, 6.45) is 2.84. The molecule has 1 saturated carbocycles. The van der Waals surface area contributed by atoms with Crippen LogP contribution in [-0.2, 0) is 14.2 Å². The first-order chi connectivity index (χ1) is 10.2. The fourth-order valence-electron chi connectivity index (χ4n) is 2.40. The maximum Gasteiger partial charge on any atom is 0.404 e. The molecule has 3 N–H and O–H groups in total. The van der Waals surface area contributed by atoms with E-state index >= 15 is 0 Å². The third-order valence-corrected chi connectivity index (χ3v) is 3.51. The Morgan fingerprint density at radius 2 is 1.52 bits per heavy atom. The van der Waals surface area contributed by atoms with Crippen LogP contribution in [0.5, 0.6) is 0 Å². The van der Waals surface area contributed by atoms with Crippen molar-refractivity contribution in [2.24, 2.45) is 5.92 Å². The average molecular weight is 305 g/mol. The van der Waals surface area contributed by atoms with Gasteiger partial charge in [0.2, 0.25) is 0 Å². The van der Waals surface area contributed by atoms with E-state index in [-0.39, 0.29) is 12.6 Å². The third-order valence-electron chi connectivity index (χ3n) is 3.51. The lowest BCUT2D eigenvalue weighted by Gasteiger charge is -2.28. The van der Waals surface area contributed by atoms with E-state index in [9.17, 15) is 4.79 Å². The highest BCUT2D eigenvalue weighted by atomic mass is 16.5. The lowest BCUT2D eigenvalue weighted by atomic mass is 9.86. The Kier molecular flexibility index (Phi) is 10.1. The molecule has 1 rings (SSSR count). The van der Waals surface area contributed by atoms with Crippen molar-refractivity contribution in [3.8, 4) is 0 Å². The van der Waals surface area contributed by atoms with E-state index in [0.29, 0.717) is 45.6 Å². The van der Waals surface area contributed by atoms with Crippen LogP contribution >= 0.6 is 0 Å². The van der Waals surface area contributed by atoms with Crippen LogP contribution in [0.3, 0.4) is 0 Å². The standard InChI is InChI=1S/C14H27NO6/c16-5-6-19-7-8-20-9-10-21-11-12-1-3-13(4-2-12)15-14(17)18/h12-13,15-16H,1-11H2,(H,17,18). The van der Waals surface area contributed by atoms with E-state index in [2.05, 4.69) is 5.32 Å². The summed E-state index contributed by atoms with van der Waals surface area (Å²) in [5.41, 5.74) is 0. The number of amides is 1. The largest absolute Gasteiger partial charge is 0.465 e. The Morgan fingerprint density at radius 3 is 2.10 bits per heavy atom. The van der Waals surface area contributed by atoms with Crippen LogP contribution in [0.4, 0.5) is 4.79 Å². The van der Waals surface area contributed by atoms with Gasteiger partial charge in [-0.2, -0.15) is 0 Å². The maximum atomic E-state index is 10.5. The number of hydrogen-bond donors (Lipinski definition) is 3. The summed E-state index contributed by atoms with van der Waals surface area (Å²) in [5, 5.41) is 19.7. The van der Waals surface area contributed by atoms with Gasteiger partial charge in [0.1, 0.15) is 0 Å². The molecule has 1 aliphatic rings. The van der Waals surface area contributed by atoms with E-state index in [1.54, 1.807) is 0 Å². The second-order valence-electron chi connectivity index (χ2n) is 5.19. The summed E-state index contributed by atoms with van der Waals surface area (Å²) < 4.78 is 16.0. The summed E-state index contributed by atoms with van der Waals surface area (Å²) in [7, 11) is 0. The fourth-order valence-corrected chi connectivity index (χ4v) is 2.40. The molecular weight excluding hydrogens is 278 g/mol. The quantitative estimate of drug-likeness (QED) is 0.490. The van der Waals surface area contributed by atoms with E-state index in [4.69, 9.17) is 24.4 Å². The van der Waals surface area contributed by atoms with Crippen LogP contribution in [-0.4, -0.2) is 68.6 Å². The molecule has 0 radical (unpaired) electrons. The van der Waals surface area contributed by atoms with Gasteiger partial charge in [0.25, 0.3) is 0 Å². The van der Waals surface area contributed by atoms with Crippen LogP contribution in [0.2, 0.25) is 0 Å². The van der Waals surface area contributed by atoms with Crippen molar-refractivity contribution in [1.29, 1.82) is 0 Å². The smallest absolute Gasteiger partial charge is 0.404 e. The number of aliphatic hydroxyl groups excluding tert-OH is 1. The molecule has 0 heterocycles. The highest BCUT2D eigenvalue weighted by molar-refractivity contribution is 5.64. The molecule has 0 saturated heterocycles. The van der Waals surface area contributed by atoms with Gasteiger partial charge in [0.15, 0.2) is 0 Å². The van der Waals surface area contributed by atoms with E-state index in [1.165, 1.54) is 0 Å². The Balaban J connectivity index is 1.87. The van der Waals surface area contributed by atoms with Crippen molar-refractivity contribution < 1.29 is 29.2 Å². The van der Waals surface area contributed by atoms with Gasteiger partial charge in [-0.3, -0.25) is 0 Å². The monoisotopic (exact) mass is 305 g/mol. The van der Waals surface area contributed by atoms with Gasteiger partial charge in [0.05, 0.1) is 39.6 Å². The molecule has 0 spiro atoms. The predicted molar refractivity (Wildman–Crippen MR) is 76.4 cm³/mol. The van der Waals surface area contributed by atoms with Crippen LogP contribution in [0.1, 0.15) is 25.7 Å². The normalized spacial score (nSPS) is 22.1. The Bertz CT molecular complexity index is 268. The number of hydrogen-bond acceptors (Lipinski definition) is 5. The van der Waals surface area contributed by atoms with Gasteiger partial charge in [0, 0.05) is 12.6 Å². The van der Waals surface area contributed by atoms with Crippen LogP contribution in [0.25, 0.3) is 0 Å². The molecular formula is C14H27NO6. The fraction of sp³-hybridized carbons (Fsp3) is 0.929. The van der Waals surface area contributed by atoms with Crippen molar-refractivity contribution in [3.05, 3.63) is 0 Å². The molecule has 1 amide bonds. The molecule has 21 heavy (non-hydrogen) atoms. The zero-order chi connectivity index (χ0) is 15.3. The van der Waals surface area contributed by atoms with Gasteiger partial charge in [-0.05, 0) is 31.6 Å². The van der Waals surface area contributed by atoms with Crippen molar-refractivity contribution in [2.75, 3.05) is 46.2 Å². The number of ether oxygens (including phenoxy) is 3. The van der Waals surface area contributed by atoms with Crippen LogP contribution in [0.15, 0.2) is 0 Å². The molecule has 0 aromatic rings. The number of carbonyl (C=O) groups is 1. The molecule has 7 heteroatoms. The third kappa shape index (κ3) is 9.62. The van der Waals surface area contributed by atoms with Crippen molar-refractivity contribution in [3.63, 3.8) is 0 Å². The number of aliphatic hydroxyl groups is 1. The molecule has 0 aromatic heterocycles. The van der Waals surface area contributed by atoms with E-state index < -0.39 is 6.09 Å². The highest BCUT2D eigenvalue weighted by Gasteiger charge is 2.22. The number of nitrogens with one attached hydrogen (secondary N) is 1. The van der Waals surface area contributed by atoms with Crippen molar-refractivity contribution in [1.82, 2.24) is 5.32 Å². The molecule has 0 aliphatic heterocycles.